The van der Waals surface area contributed by atoms with Gasteiger partial charge in [-0.1, -0.05) is 6.07 Å². The minimum Gasteiger partial charge on any atom is -0.494 e. The smallest absolute Gasteiger partial charge is 0.251 e. The molecule has 18 heavy (non-hydrogen) atoms. The van der Waals surface area contributed by atoms with E-state index in [2.05, 4.69) is 5.32 Å². The van der Waals surface area contributed by atoms with Crippen molar-refractivity contribution < 1.29 is 9.53 Å². The Morgan fingerprint density at radius 1 is 1.39 bits per heavy atom. The summed E-state index contributed by atoms with van der Waals surface area (Å²) in [5.74, 6) is 0.658. The number of hydrogen-bond donors (Lipinski definition) is 2. The number of unbranched alkanes of at least 4 members (excludes halogenated alkanes) is 1. The highest BCUT2D eigenvalue weighted by molar-refractivity contribution is 5.94. The molecule has 0 aliphatic carbocycles. The lowest BCUT2D eigenvalue weighted by Crippen LogP contribution is -2.24. The quantitative estimate of drug-likeness (QED) is 0.746. The van der Waals surface area contributed by atoms with Gasteiger partial charge in [0, 0.05) is 12.1 Å². The van der Waals surface area contributed by atoms with Crippen molar-refractivity contribution in [3.63, 3.8) is 0 Å². The van der Waals surface area contributed by atoms with Gasteiger partial charge in [0.15, 0.2) is 0 Å². The zero-order valence-corrected chi connectivity index (χ0v) is 11.5. The van der Waals surface area contributed by atoms with Gasteiger partial charge in [0.25, 0.3) is 5.91 Å². The van der Waals surface area contributed by atoms with E-state index in [9.17, 15) is 4.79 Å². The largest absolute Gasteiger partial charge is 0.494 e. The van der Waals surface area contributed by atoms with Crippen LogP contribution in [0.1, 0.15) is 30.1 Å². The summed E-state index contributed by atoms with van der Waals surface area (Å²) >= 11 is 0. The van der Waals surface area contributed by atoms with Crippen molar-refractivity contribution in [2.24, 2.45) is 5.73 Å². The summed E-state index contributed by atoms with van der Waals surface area (Å²) in [7, 11) is 0. The van der Waals surface area contributed by atoms with Crippen LogP contribution in [0.5, 0.6) is 5.75 Å². The van der Waals surface area contributed by atoms with Gasteiger partial charge in [-0.15, -0.1) is 12.4 Å². The number of carbonyl (C=O) groups is 1. The lowest BCUT2D eigenvalue weighted by Gasteiger charge is -2.07. The van der Waals surface area contributed by atoms with Crippen LogP contribution in [0, 0.1) is 0 Å². The normalized spacial score (nSPS) is 9.44. The number of benzene rings is 1. The van der Waals surface area contributed by atoms with E-state index in [1.807, 2.05) is 19.1 Å². The fourth-order valence-corrected chi connectivity index (χ4v) is 1.47. The van der Waals surface area contributed by atoms with Gasteiger partial charge < -0.3 is 15.8 Å². The van der Waals surface area contributed by atoms with Gasteiger partial charge in [-0.25, -0.2) is 0 Å². The molecule has 1 aromatic carbocycles. The zero-order valence-electron chi connectivity index (χ0n) is 10.6. The SMILES string of the molecule is CCOc1cccc(C(=O)NCCCCN)c1.Cl. The molecule has 0 spiro atoms. The molecule has 1 aromatic rings. The van der Waals surface area contributed by atoms with Gasteiger partial charge in [0.1, 0.15) is 5.75 Å². The highest BCUT2D eigenvalue weighted by Gasteiger charge is 2.05. The third-order valence-electron chi connectivity index (χ3n) is 2.32. The molecule has 0 saturated heterocycles. The van der Waals surface area contributed by atoms with E-state index in [-0.39, 0.29) is 18.3 Å². The summed E-state index contributed by atoms with van der Waals surface area (Å²) < 4.78 is 5.34. The summed E-state index contributed by atoms with van der Waals surface area (Å²) in [6.07, 6.45) is 1.84. The summed E-state index contributed by atoms with van der Waals surface area (Å²) in [5, 5.41) is 2.85. The topological polar surface area (TPSA) is 64.3 Å². The second kappa shape index (κ2) is 9.74. The Bertz CT molecular complexity index is 359. The molecule has 0 atom stereocenters. The van der Waals surface area contributed by atoms with Crippen molar-refractivity contribution in [1.29, 1.82) is 0 Å². The second-order valence-electron chi connectivity index (χ2n) is 3.71. The van der Waals surface area contributed by atoms with Gasteiger partial charge in [0.2, 0.25) is 0 Å². The summed E-state index contributed by atoms with van der Waals surface area (Å²) in [6, 6.07) is 7.19. The van der Waals surface area contributed by atoms with E-state index >= 15 is 0 Å². The monoisotopic (exact) mass is 272 g/mol. The van der Waals surface area contributed by atoms with Gasteiger partial charge in [-0.05, 0) is 44.5 Å². The Kier molecular flexibility index (Phi) is 9.06. The first kappa shape index (κ1) is 16.7. The van der Waals surface area contributed by atoms with E-state index in [1.165, 1.54) is 0 Å². The first-order valence-corrected chi connectivity index (χ1v) is 5.99. The molecule has 102 valence electrons. The van der Waals surface area contributed by atoms with Crippen LogP contribution >= 0.6 is 12.4 Å². The number of amides is 1. The van der Waals surface area contributed by atoms with Crippen LogP contribution in [0.15, 0.2) is 24.3 Å². The van der Waals surface area contributed by atoms with Gasteiger partial charge in [-0.2, -0.15) is 0 Å². The van der Waals surface area contributed by atoms with Crippen LogP contribution in [0.25, 0.3) is 0 Å². The maximum absolute atomic E-state index is 11.8. The van der Waals surface area contributed by atoms with Gasteiger partial charge in [0.05, 0.1) is 6.61 Å². The van der Waals surface area contributed by atoms with Crippen molar-refractivity contribution >= 4 is 18.3 Å². The Morgan fingerprint density at radius 2 is 2.17 bits per heavy atom. The molecule has 0 bridgehead atoms. The van der Waals surface area contributed by atoms with E-state index in [0.29, 0.717) is 25.3 Å². The number of nitrogens with two attached hydrogens (primary N) is 1. The van der Waals surface area contributed by atoms with E-state index in [1.54, 1.807) is 12.1 Å². The molecule has 0 saturated carbocycles. The first-order chi connectivity index (χ1) is 8.27. The molecule has 0 aliphatic rings. The van der Waals surface area contributed by atoms with E-state index in [0.717, 1.165) is 18.6 Å². The molecular weight excluding hydrogens is 252 g/mol. The Balaban J connectivity index is 0.00000289. The van der Waals surface area contributed by atoms with Crippen LogP contribution in [-0.2, 0) is 0 Å². The second-order valence-corrected chi connectivity index (χ2v) is 3.71. The first-order valence-electron chi connectivity index (χ1n) is 5.99. The molecule has 3 N–H and O–H groups in total. The average molecular weight is 273 g/mol. The minimum absolute atomic E-state index is 0. The Labute approximate surface area is 114 Å². The molecule has 0 aromatic heterocycles. The third kappa shape index (κ3) is 5.89. The number of nitrogens with one attached hydrogen (secondary N) is 1. The number of carbonyl (C=O) groups excluding carboxylic acids is 1. The fraction of sp³-hybridized carbons (Fsp3) is 0.462. The number of ether oxygens (including phenoxy) is 1. The number of hydrogen-bond acceptors (Lipinski definition) is 3. The lowest BCUT2D eigenvalue weighted by molar-refractivity contribution is 0.0952. The highest BCUT2D eigenvalue weighted by Crippen LogP contribution is 2.13. The minimum atomic E-state index is -0.0661. The predicted molar refractivity (Wildman–Crippen MR) is 75.5 cm³/mol. The molecule has 0 unspecified atom stereocenters. The molecule has 0 radical (unpaired) electrons. The van der Waals surface area contributed by atoms with Crippen LogP contribution in [0.3, 0.4) is 0 Å². The maximum Gasteiger partial charge on any atom is 0.251 e. The molecule has 4 nitrogen and oxygen atoms in total. The standard InChI is InChI=1S/C13H20N2O2.ClH/c1-2-17-12-7-5-6-11(10-12)13(16)15-9-4-3-8-14;/h5-7,10H,2-4,8-9,14H2,1H3,(H,15,16);1H. The van der Waals surface area contributed by atoms with E-state index in [4.69, 9.17) is 10.5 Å². The van der Waals surface area contributed by atoms with Crippen molar-refractivity contribution in [3.8, 4) is 5.75 Å². The van der Waals surface area contributed by atoms with Crippen molar-refractivity contribution in [2.75, 3.05) is 19.7 Å². The molecule has 1 amide bonds. The Morgan fingerprint density at radius 3 is 2.83 bits per heavy atom. The van der Waals surface area contributed by atoms with E-state index < -0.39 is 0 Å². The van der Waals surface area contributed by atoms with Crippen molar-refractivity contribution in [3.05, 3.63) is 29.8 Å². The van der Waals surface area contributed by atoms with Crippen LogP contribution in [0.2, 0.25) is 0 Å². The number of rotatable bonds is 7. The number of halogens is 1. The lowest BCUT2D eigenvalue weighted by atomic mass is 10.2. The molecular formula is C13H21ClN2O2. The van der Waals surface area contributed by atoms with Gasteiger partial charge in [-0.3, -0.25) is 4.79 Å². The summed E-state index contributed by atoms with van der Waals surface area (Å²) in [5.41, 5.74) is 6.01. The van der Waals surface area contributed by atoms with Gasteiger partial charge >= 0.3 is 0 Å². The zero-order chi connectivity index (χ0) is 12.5. The summed E-state index contributed by atoms with van der Waals surface area (Å²) in [4.78, 5) is 11.8. The molecule has 1 rings (SSSR count). The fourth-order valence-electron chi connectivity index (χ4n) is 1.47. The van der Waals surface area contributed by atoms with Crippen molar-refractivity contribution in [1.82, 2.24) is 5.32 Å². The van der Waals surface area contributed by atoms with Crippen LogP contribution < -0.4 is 15.8 Å². The average Bonchev–Trinajstić information content (AvgIpc) is 2.35. The molecule has 0 fully saturated rings. The van der Waals surface area contributed by atoms with Crippen LogP contribution in [0.4, 0.5) is 0 Å². The molecule has 5 heteroatoms. The van der Waals surface area contributed by atoms with Crippen LogP contribution in [-0.4, -0.2) is 25.6 Å². The summed E-state index contributed by atoms with van der Waals surface area (Å²) in [6.45, 7) is 3.84. The Hall–Kier alpha value is -1.26. The van der Waals surface area contributed by atoms with Crippen molar-refractivity contribution in [2.45, 2.75) is 19.8 Å². The predicted octanol–water partition coefficient (Wildman–Crippen LogP) is 1.98. The maximum atomic E-state index is 11.8. The molecule has 0 heterocycles. The highest BCUT2D eigenvalue weighted by atomic mass is 35.5. The third-order valence-corrected chi connectivity index (χ3v) is 2.32. The molecule has 0 aliphatic heterocycles.